The van der Waals surface area contributed by atoms with Gasteiger partial charge in [-0.3, -0.25) is 0 Å². The molecule has 0 amide bonds. The maximum absolute atomic E-state index is 11.6. The van der Waals surface area contributed by atoms with E-state index >= 15 is 0 Å². The Morgan fingerprint density at radius 2 is 2.00 bits per heavy atom. The summed E-state index contributed by atoms with van der Waals surface area (Å²) in [5.41, 5.74) is 6.45. The van der Waals surface area contributed by atoms with Crippen LogP contribution in [-0.4, -0.2) is 15.9 Å². The zero-order valence-electron chi connectivity index (χ0n) is 9.04. The molecular weight excluding hydrogens is 218 g/mol. The number of nitrogens with two attached hydrogens (primary N) is 1. The van der Waals surface area contributed by atoms with Gasteiger partial charge in [0.2, 0.25) is 5.95 Å². The quantitative estimate of drug-likeness (QED) is 0.805. The molecule has 1 aromatic heterocycles. The average Bonchev–Trinajstić information content (AvgIpc) is 2.37. The van der Waals surface area contributed by atoms with Crippen LogP contribution in [0.1, 0.15) is 16.1 Å². The van der Waals surface area contributed by atoms with E-state index in [4.69, 9.17) is 10.5 Å². The van der Waals surface area contributed by atoms with Gasteiger partial charge in [-0.2, -0.15) is 0 Å². The SMILES string of the molecule is Nc1nccc(C(=O)OCc2ccccc2)n1. The van der Waals surface area contributed by atoms with E-state index in [2.05, 4.69) is 9.97 Å². The van der Waals surface area contributed by atoms with E-state index in [0.29, 0.717) is 0 Å². The predicted octanol–water partition coefficient (Wildman–Crippen LogP) is 1.42. The Hall–Kier alpha value is -2.43. The highest BCUT2D eigenvalue weighted by molar-refractivity contribution is 5.87. The molecule has 0 aliphatic rings. The molecule has 2 aromatic rings. The number of benzene rings is 1. The summed E-state index contributed by atoms with van der Waals surface area (Å²) in [7, 11) is 0. The van der Waals surface area contributed by atoms with Crippen LogP contribution in [0, 0.1) is 0 Å². The van der Waals surface area contributed by atoms with E-state index in [1.54, 1.807) is 0 Å². The van der Waals surface area contributed by atoms with Crippen molar-refractivity contribution < 1.29 is 9.53 Å². The predicted molar refractivity (Wildman–Crippen MR) is 62.0 cm³/mol. The largest absolute Gasteiger partial charge is 0.456 e. The average molecular weight is 229 g/mol. The number of anilines is 1. The fraction of sp³-hybridized carbons (Fsp3) is 0.0833. The van der Waals surface area contributed by atoms with Crippen molar-refractivity contribution in [1.82, 2.24) is 9.97 Å². The molecule has 0 unspecified atom stereocenters. The van der Waals surface area contributed by atoms with Gasteiger partial charge in [-0.05, 0) is 11.6 Å². The van der Waals surface area contributed by atoms with E-state index in [-0.39, 0.29) is 18.2 Å². The molecular formula is C12H11N3O2. The van der Waals surface area contributed by atoms with Crippen LogP contribution in [-0.2, 0) is 11.3 Å². The summed E-state index contributed by atoms with van der Waals surface area (Å²) < 4.78 is 5.08. The van der Waals surface area contributed by atoms with Crippen molar-refractivity contribution in [1.29, 1.82) is 0 Å². The minimum atomic E-state index is -0.511. The lowest BCUT2D eigenvalue weighted by atomic mass is 10.2. The first kappa shape index (κ1) is 11.1. The van der Waals surface area contributed by atoms with Gasteiger partial charge in [-0.25, -0.2) is 14.8 Å². The van der Waals surface area contributed by atoms with Gasteiger partial charge in [0.05, 0.1) is 0 Å². The molecule has 0 atom stereocenters. The van der Waals surface area contributed by atoms with Gasteiger partial charge in [-0.1, -0.05) is 30.3 Å². The third kappa shape index (κ3) is 3.01. The standard InChI is InChI=1S/C12H11N3O2/c13-12-14-7-6-10(15-12)11(16)17-8-9-4-2-1-3-5-9/h1-7H,8H2,(H2,13,14,15). The fourth-order valence-corrected chi connectivity index (χ4v) is 1.28. The summed E-state index contributed by atoms with van der Waals surface area (Å²) in [6, 6.07) is 10.9. The van der Waals surface area contributed by atoms with Crippen molar-refractivity contribution in [2.45, 2.75) is 6.61 Å². The summed E-state index contributed by atoms with van der Waals surface area (Å²) in [6.45, 7) is 0.212. The van der Waals surface area contributed by atoms with E-state index in [0.717, 1.165) is 5.56 Å². The number of hydrogen-bond donors (Lipinski definition) is 1. The maximum atomic E-state index is 11.6. The summed E-state index contributed by atoms with van der Waals surface area (Å²) in [5, 5.41) is 0. The Morgan fingerprint density at radius 1 is 1.24 bits per heavy atom. The van der Waals surface area contributed by atoms with Gasteiger partial charge in [0, 0.05) is 6.20 Å². The number of carbonyl (C=O) groups is 1. The van der Waals surface area contributed by atoms with Crippen LogP contribution < -0.4 is 5.73 Å². The van der Waals surface area contributed by atoms with Crippen molar-refractivity contribution in [3.63, 3.8) is 0 Å². The van der Waals surface area contributed by atoms with Crippen LogP contribution in [0.3, 0.4) is 0 Å². The molecule has 0 aliphatic heterocycles. The molecule has 0 aliphatic carbocycles. The van der Waals surface area contributed by atoms with Crippen LogP contribution in [0.2, 0.25) is 0 Å². The lowest BCUT2D eigenvalue weighted by molar-refractivity contribution is 0.0465. The zero-order chi connectivity index (χ0) is 12.1. The van der Waals surface area contributed by atoms with Gasteiger partial charge in [0.1, 0.15) is 6.61 Å². The second kappa shape index (κ2) is 5.07. The van der Waals surface area contributed by atoms with Gasteiger partial charge in [-0.15, -0.1) is 0 Å². The molecule has 1 heterocycles. The second-order valence-corrected chi connectivity index (χ2v) is 3.36. The topological polar surface area (TPSA) is 78.1 Å². The summed E-state index contributed by atoms with van der Waals surface area (Å²) in [4.78, 5) is 19.1. The van der Waals surface area contributed by atoms with Gasteiger partial charge in [0.15, 0.2) is 5.69 Å². The third-order valence-corrected chi connectivity index (χ3v) is 2.10. The molecule has 0 saturated heterocycles. The number of hydrogen-bond acceptors (Lipinski definition) is 5. The van der Waals surface area contributed by atoms with Gasteiger partial charge >= 0.3 is 5.97 Å². The van der Waals surface area contributed by atoms with Crippen molar-refractivity contribution in [2.75, 3.05) is 5.73 Å². The molecule has 0 saturated carbocycles. The van der Waals surface area contributed by atoms with Crippen LogP contribution in [0.25, 0.3) is 0 Å². The first-order valence-corrected chi connectivity index (χ1v) is 5.05. The number of nitrogen functional groups attached to an aromatic ring is 1. The second-order valence-electron chi connectivity index (χ2n) is 3.36. The molecule has 86 valence electrons. The van der Waals surface area contributed by atoms with Crippen molar-refractivity contribution in [3.8, 4) is 0 Å². The third-order valence-electron chi connectivity index (χ3n) is 2.10. The van der Waals surface area contributed by atoms with Gasteiger partial charge < -0.3 is 10.5 Å². The first-order valence-electron chi connectivity index (χ1n) is 5.05. The number of nitrogens with zero attached hydrogens (tertiary/aromatic N) is 2. The number of carbonyl (C=O) groups excluding carboxylic acids is 1. The Morgan fingerprint density at radius 3 is 2.71 bits per heavy atom. The molecule has 0 spiro atoms. The van der Waals surface area contributed by atoms with E-state index < -0.39 is 5.97 Å². The Labute approximate surface area is 98.3 Å². The number of ether oxygens (including phenoxy) is 1. The Kier molecular flexibility index (Phi) is 3.30. The minimum absolute atomic E-state index is 0.0548. The van der Waals surface area contributed by atoms with Crippen LogP contribution in [0.4, 0.5) is 5.95 Å². The van der Waals surface area contributed by atoms with E-state index in [1.807, 2.05) is 30.3 Å². The highest BCUT2D eigenvalue weighted by Crippen LogP contribution is 2.04. The molecule has 0 radical (unpaired) electrons. The fourth-order valence-electron chi connectivity index (χ4n) is 1.28. The zero-order valence-corrected chi connectivity index (χ0v) is 9.04. The minimum Gasteiger partial charge on any atom is -0.456 e. The van der Waals surface area contributed by atoms with Crippen molar-refractivity contribution in [2.24, 2.45) is 0 Å². The monoisotopic (exact) mass is 229 g/mol. The molecule has 17 heavy (non-hydrogen) atoms. The number of aromatic nitrogens is 2. The highest BCUT2D eigenvalue weighted by Gasteiger charge is 2.09. The Bertz CT molecular complexity index is 514. The highest BCUT2D eigenvalue weighted by atomic mass is 16.5. The van der Waals surface area contributed by atoms with Crippen molar-refractivity contribution >= 4 is 11.9 Å². The summed E-state index contributed by atoms with van der Waals surface area (Å²) in [5.74, 6) is -0.456. The van der Waals surface area contributed by atoms with Crippen LogP contribution >= 0.6 is 0 Å². The van der Waals surface area contributed by atoms with Crippen molar-refractivity contribution in [3.05, 3.63) is 53.9 Å². The van der Waals surface area contributed by atoms with Crippen LogP contribution in [0.5, 0.6) is 0 Å². The number of rotatable bonds is 3. The Balaban J connectivity index is 1.98. The van der Waals surface area contributed by atoms with Crippen LogP contribution in [0.15, 0.2) is 42.6 Å². The molecule has 2 N–H and O–H groups in total. The summed E-state index contributed by atoms with van der Waals surface area (Å²) in [6.07, 6.45) is 1.42. The van der Waals surface area contributed by atoms with E-state index in [1.165, 1.54) is 12.3 Å². The summed E-state index contributed by atoms with van der Waals surface area (Å²) >= 11 is 0. The lowest BCUT2D eigenvalue weighted by Crippen LogP contribution is -2.09. The van der Waals surface area contributed by atoms with Gasteiger partial charge in [0.25, 0.3) is 0 Å². The molecule has 0 fully saturated rings. The lowest BCUT2D eigenvalue weighted by Gasteiger charge is -2.04. The normalized spacial score (nSPS) is 9.88. The molecule has 2 rings (SSSR count). The molecule has 5 nitrogen and oxygen atoms in total. The first-order chi connectivity index (χ1) is 8.25. The van der Waals surface area contributed by atoms with E-state index in [9.17, 15) is 4.79 Å². The molecule has 1 aromatic carbocycles. The number of esters is 1. The maximum Gasteiger partial charge on any atom is 0.357 e. The smallest absolute Gasteiger partial charge is 0.357 e. The molecule has 5 heteroatoms. The molecule has 0 bridgehead atoms.